The van der Waals surface area contributed by atoms with Gasteiger partial charge in [0.15, 0.2) is 0 Å². The number of hydrogen-bond donors (Lipinski definition) is 2. The van der Waals surface area contributed by atoms with Gasteiger partial charge in [-0.25, -0.2) is 0 Å². The highest BCUT2D eigenvalue weighted by Crippen LogP contribution is 2.27. The average Bonchev–Trinajstić information content (AvgIpc) is 2.28. The van der Waals surface area contributed by atoms with E-state index in [1.165, 1.54) is 18.2 Å². The molecule has 0 saturated carbocycles. The van der Waals surface area contributed by atoms with E-state index >= 15 is 0 Å². The van der Waals surface area contributed by atoms with Crippen LogP contribution in [-0.4, -0.2) is 16.9 Å². The van der Waals surface area contributed by atoms with Crippen LogP contribution in [0.4, 0.5) is 11.4 Å². The number of amides is 1. The Kier molecular flexibility index (Phi) is 4.25. The molecule has 0 aliphatic heterocycles. The number of nitrogens with one attached hydrogen (secondary N) is 1. The lowest BCUT2D eigenvalue weighted by atomic mass is 10.1. The SMILES string of the molecule is CC(C)[C@@H](C)Nc1ccc(C(N)=O)cc1[N+](=O)[O-]. The normalized spacial score (nSPS) is 12.2. The molecule has 3 N–H and O–H groups in total. The van der Waals surface area contributed by atoms with E-state index < -0.39 is 10.8 Å². The average molecular weight is 251 g/mol. The van der Waals surface area contributed by atoms with Gasteiger partial charge in [-0.3, -0.25) is 14.9 Å². The summed E-state index contributed by atoms with van der Waals surface area (Å²) in [6.45, 7) is 5.97. The summed E-state index contributed by atoms with van der Waals surface area (Å²) in [6.07, 6.45) is 0. The number of carbonyl (C=O) groups excluding carboxylic acids is 1. The van der Waals surface area contributed by atoms with Gasteiger partial charge in [0.1, 0.15) is 5.69 Å². The van der Waals surface area contributed by atoms with Crippen LogP contribution in [0.3, 0.4) is 0 Å². The van der Waals surface area contributed by atoms with Crippen LogP contribution in [0.2, 0.25) is 0 Å². The second kappa shape index (κ2) is 5.48. The van der Waals surface area contributed by atoms with E-state index in [2.05, 4.69) is 5.32 Å². The van der Waals surface area contributed by atoms with Crippen molar-refractivity contribution in [2.45, 2.75) is 26.8 Å². The maximum atomic E-state index is 11.0. The second-order valence-electron chi connectivity index (χ2n) is 4.53. The van der Waals surface area contributed by atoms with Crippen molar-refractivity contribution in [2.24, 2.45) is 11.7 Å². The first-order chi connectivity index (χ1) is 8.32. The number of hydrogen-bond acceptors (Lipinski definition) is 4. The van der Waals surface area contributed by atoms with E-state index in [4.69, 9.17) is 5.73 Å². The monoisotopic (exact) mass is 251 g/mol. The van der Waals surface area contributed by atoms with Gasteiger partial charge < -0.3 is 11.1 Å². The number of nitrogens with zero attached hydrogens (tertiary/aromatic N) is 1. The number of primary amides is 1. The summed E-state index contributed by atoms with van der Waals surface area (Å²) < 4.78 is 0. The molecule has 0 saturated heterocycles. The Morgan fingerprint density at radius 3 is 2.44 bits per heavy atom. The summed E-state index contributed by atoms with van der Waals surface area (Å²) >= 11 is 0. The number of nitro benzene ring substituents is 1. The fraction of sp³-hybridized carbons (Fsp3) is 0.417. The standard InChI is InChI=1S/C12H17N3O3/c1-7(2)8(3)14-10-5-4-9(12(13)16)6-11(10)15(17)18/h4-8,14H,1-3H3,(H2,13,16)/t8-/m1/s1. The molecule has 0 radical (unpaired) electrons. The molecule has 1 rings (SSSR count). The van der Waals surface area contributed by atoms with Gasteiger partial charge in [0.05, 0.1) is 4.92 Å². The molecule has 0 fully saturated rings. The smallest absolute Gasteiger partial charge is 0.293 e. The van der Waals surface area contributed by atoms with Crippen molar-refractivity contribution in [3.8, 4) is 0 Å². The lowest BCUT2D eigenvalue weighted by Crippen LogP contribution is -2.22. The van der Waals surface area contributed by atoms with Gasteiger partial charge >= 0.3 is 0 Å². The van der Waals surface area contributed by atoms with Crippen LogP contribution in [0.1, 0.15) is 31.1 Å². The summed E-state index contributed by atoms with van der Waals surface area (Å²) in [5, 5.41) is 14.0. The fourth-order valence-corrected chi connectivity index (χ4v) is 1.37. The van der Waals surface area contributed by atoms with E-state index in [0.717, 1.165) is 0 Å². The number of benzene rings is 1. The van der Waals surface area contributed by atoms with Gasteiger partial charge in [-0.05, 0) is 25.0 Å². The molecule has 0 heterocycles. The van der Waals surface area contributed by atoms with Crippen molar-refractivity contribution < 1.29 is 9.72 Å². The van der Waals surface area contributed by atoms with Crippen LogP contribution >= 0.6 is 0 Å². The Bertz CT molecular complexity index is 472. The van der Waals surface area contributed by atoms with Crippen LogP contribution in [0.15, 0.2) is 18.2 Å². The minimum absolute atomic E-state index is 0.0862. The molecule has 0 unspecified atom stereocenters. The minimum Gasteiger partial charge on any atom is -0.377 e. The van der Waals surface area contributed by atoms with E-state index in [9.17, 15) is 14.9 Å². The van der Waals surface area contributed by atoms with Crippen LogP contribution in [0.25, 0.3) is 0 Å². The zero-order valence-corrected chi connectivity index (χ0v) is 10.6. The van der Waals surface area contributed by atoms with Gasteiger partial charge in [0.2, 0.25) is 5.91 Å². The molecule has 0 aromatic heterocycles. The summed E-state index contributed by atoms with van der Waals surface area (Å²) in [7, 11) is 0. The largest absolute Gasteiger partial charge is 0.377 e. The molecule has 1 aromatic carbocycles. The Morgan fingerprint density at radius 2 is 2.00 bits per heavy atom. The Balaban J connectivity index is 3.12. The van der Waals surface area contributed by atoms with Crippen LogP contribution in [-0.2, 0) is 0 Å². The highest BCUT2D eigenvalue weighted by Gasteiger charge is 2.18. The number of rotatable bonds is 5. The number of anilines is 1. The number of nitro groups is 1. The first kappa shape index (κ1) is 14.0. The lowest BCUT2D eigenvalue weighted by Gasteiger charge is -2.18. The van der Waals surface area contributed by atoms with E-state index in [1.54, 1.807) is 0 Å². The predicted molar refractivity (Wildman–Crippen MR) is 69.5 cm³/mol. The Morgan fingerprint density at radius 1 is 1.39 bits per heavy atom. The highest BCUT2D eigenvalue weighted by atomic mass is 16.6. The minimum atomic E-state index is -0.679. The molecule has 98 valence electrons. The molecular formula is C12H17N3O3. The van der Waals surface area contributed by atoms with Crippen molar-refractivity contribution >= 4 is 17.3 Å². The van der Waals surface area contributed by atoms with Crippen molar-refractivity contribution in [3.63, 3.8) is 0 Å². The summed E-state index contributed by atoms with van der Waals surface area (Å²) in [4.78, 5) is 21.4. The zero-order valence-electron chi connectivity index (χ0n) is 10.6. The molecule has 0 spiro atoms. The number of carbonyl (C=O) groups is 1. The lowest BCUT2D eigenvalue weighted by molar-refractivity contribution is -0.384. The molecule has 6 heteroatoms. The fourth-order valence-electron chi connectivity index (χ4n) is 1.37. The van der Waals surface area contributed by atoms with Crippen LogP contribution in [0.5, 0.6) is 0 Å². The highest BCUT2D eigenvalue weighted by molar-refractivity contribution is 5.94. The topological polar surface area (TPSA) is 98.3 Å². The summed E-state index contributed by atoms with van der Waals surface area (Å²) in [5.74, 6) is -0.345. The third-order valence-electron chi connectivity index (χ3n) is 2.86. The first-order valence-electron chi connectivity index (χ1n) is 5.67. The van der Waals surface area contributed by atoms with Crippen molar-refractivity contribution in [2.75, 3.05) is 5.32 Å². The first-order valence-corrected chi connectivity index (χ1v) is 5.67. The Labute approximate surface area is 105 Å². The van der Waals surface area contributed by atoms with Crippen molar-refractivity contribution in [1.29, 1.82) is 0 Å². The maximum absolute atomic E-state index is 11.0. The molecule has 1 amide bonds. The summed E-state index contributed by atoms with van der Waals surface area (Å²) in [5.41, 5.74) is 5.48. The quantitative estimate of drug-likeness (QED) is 0.618. The molecule has 1 atom stereocenters. The molecule has 0 bridgehead atoms. The zero-order chi connectivity index (χ0) is 13.9. The molecule has 6 nitrogen and oxygen atoms in total. The van der Waals surface area contributed by atoms with E-state index in [-0.39, 0.29) is 17.3 Å². The third kappa shape index (κ3) is 3.19. The Hall–Kier alpha value is -2.11. The van der Waals surface area contributed by atoms with E-state index in [0.29, 0.717) is 11.6 Å². The third-order valence-corrected chi connectivity index (χ3v) is 2.86. The van der Waals surface area contributed by atoms with Gasteiger partial charge in [0.25, 0.3) is 5.69 Å². The summed E-state index contributed by atoms with van der Waals surface area (Å²) in [6, 6.07) is 4.27. The predicted octanol–water partition coefficient (Wildman–Crippen LogP) is 2.15. The van der Waals surface area contributed by atoms with Crippen LogP contribution in [0, 0.1) is 16.0 Å². The van der Waals surface area contributed by atoms with Crippen molar-refractivity contribution in [3.05, 3.63) is 33.9 Å². The molecule has 0 aliphatic rings. The molecule has 0 aliphatic carbocycles. The molecule has 18 heavy (non-hydrogen) atoms. The van der Waals surface area contributed by atoms with Crippen LogP contribution < -0.4 is 11.1 Å². The second-order valence-corrected chi connectivity index (χ2v) is 4.53. The van der Waals surface area contributed by atoms with Gasteiger partial charge in [-0.2, -0.15) is 0 Å². The van der Waals surface area contributed by atoms with Gasteiger partial charge in [-0.1, -0.05) is 13.8 Å². The number of nitrogens with two attached hydrogens (primary N) is 1. The van der Waals surface area contributed by atoms with Gasteiger partial charge in [-0.15, -0.1) is 0 Å². The maximum Gasteiger partial charge on any atom is 0.293 e. The van der Waals surface area contributed by atoms with E-state index in [1.807, 2.05) is 20.8 Å². The van der Waals surface area contributed by atoms with Crippen molar-refractivity contribution in [1.82, 2.24) is 0 Å². The van der Waals surface area contributed by atoms with Gasteiger partial charge in [0, 0.05) is 17.7 Å². The molecule has 1 aromatic rings. The molecular weight excluding hydrogens is 234 g/mol.